The van der Waals surface area contributed by atoms with Gasteiger partial charge in [0.2, 0.25) is 4.83 Å². The Balaban J connectivity index is 0.000000214. The number of carbonyl (C=O) groups excluding carboxylic acids is 1. The summed E-state index contributed by atoms with van der Waals surface area (Å²) >= 11 is 2.72. The Kier molecular flexibility index (Phi) is 6.81. The van der Waals surface area contributed by atoms with E-state index < -0.39 is 16.8 Å². The van der Waals surface area contributed by atoms with E-state index in [2.05, 4.69) is 22.0 Å². The maximum Gasteiger partial charge on any atom is 0.331 e. The van der Waals surface area contributed by atoms with Crippen LogP contribution in [-0.2, 0) is 27.4 Å². The SMILES string of the molecule is O=C(O)C(Br)C(=O)OCCc1ccccc1.c1ccc2c(c1)CO2. The monoisotopic (exact) mass is 392 g/mol. The van der Waals surface area contributed by atoms with Gasteiger partial charge in [-0.1, -0.05) is 64.5 Å². The molecule has 126 valence electrons. The van der Waals surface area contributed by atoms with Gasteiger partial charge in [0.05, 0.1) is 6.61 Å². The number of aliphatic carboxylic acids is 1. The number of carboxylic acids is 1. The summed E-state index contributed by atoms with van der Waals surface area (Å²) in [6.45, 7) is 0.981. The molecule has 0 saturated heterocycles. The predicted octanol–water partition coefficient (Wildman–Crippen LogP) is 3.20. The quantitative estimate of drug-likeness (QED) is 0.480. The standard InChI is InChI=1S/C11H11BrO4.C7H6O/c12-9(10(13)14)11(15)16-7-6-8-4-2-1-3-5-8;1-2-4-7-6(3-1)5-8-7/h1-5,9H,6-7H2,(H,13,14);1-4H,5H2. The van der Waals surface area contributed by atoms with Crippen LogP contribution in [0.4, 0.5) is 0 Å². The lowest BCUT2D eigenvalue weighted by molar-refractivity contribution is -0.149. The molecule has 2 aromatic carbocycles. The molecule has 1 heterocycles. The number of para-hydroxylation sites is 1. The van der Waals surface area contributed by atoms with Gasteiger partial charge in [-0.15, -0.1) is 0 Å². The van der Waals surface area contributed by atoms with Crippen LogP contribution >= 0.6 is 15.9 Å². The van der Waals surface area contributed by atoms with Crippen LogP contribution < -0.4 is 4.74 Å². The number of fused-ring (bicyclic) bond motifs is 1. The van der Waals surface area contributed by atoms with Crippen molar-refractivity contribution in [3.63, 3.8) is 0 Å². The van der Waals surface area contributed by atoms with Gasteiger partial charge in [0.1, 0.15) is 12.4 Å². The molecule has 2 aromatic rings. The number of hydrogen-bond acceptors (Lipinski definition) is 4. The molecular weight excluding hydrogens is 376 g/mol. The molecule has 3 rings (SSSR count). The maximum absolute atomic E-state index is 11.1. The zero-order valence-corrected chi connectivity index (χ0v) is 14.4. The lowest BCUT2D eigenvalue weighted by Gasteiger charge is -2.18. The first-order valence-electron chi connectivity index (χ1n) is 7.36. The Labute approximate surface area is 148 Å². The van der Waals surface area contributed by atoms with E-state index in [1.165, 1.54) is 5.56 Å². The first-order valence-corrected chi connectivity index (χ1v) is 8.27. The average molecular weight is 393 g/mol. The third kappa shape index (κ3) is 5.38. The first-order chi connectivity index (χ1) is 11.6. The molecule has 1 aliphatic heterocycles. The van der Waals surface area contributed by atoms with Crippen molar-refractivity contribution in [3.05, 3.63) is 65.7 Å². The van der Waals surface area contributed by atoms with Crippen LogP contribution in [0.15, 0.2) is 54.6 Å². The maximum atomic E-state index is 11.1. The Hall–Kier alpha value is -2.34. The van der Waals surface area contributed by atoms with Crippen molar-refractivity contribution >= 4 is 27.9 Å². The van der Waals surface area contributed by atoms with Crippen molar-refractivity contribution in [2.24, 2.45) is 0 Å². The summed E-state index contributed by atoms with van der Waals surface area (Å²) in [5.74, 6) is -0.972. The number of benzene rings is 2. The molecule has 0 aromatic heterocycles. The van der Waals surface area contributed by atoms with Crippen LogP contribution in [0.1, 0.15) is 11.1 Å². The lowest BCUT2D eigenvalue weighted by atomic mass is 10.1. The van der Waals surface area contributed by atoms with Crippen LogP contribution in [0.2, 0.25) is 0 Å². The largest absolute Gasteiger partial charge is 0.488 e. The molecule has 24 heavy (non-hydrogen) atoms. The van der Waals surface area contributed by atoms with Crippen molar-refractivity contribution in [3.8, 4) is 5.75 Å². The van der Waals surface area contributed by atoms with Gasteiger partial charge < -0.3 is 14.6 Å². The fraction of sp³-hybridized carbons (Fsp3) is 0.222. The number of halogens is 1. The van der Waals surface area contributed by atoms with E-state index in [-0.39, 0.29) is 6.61 Å². The van der Waals surface area contributed by atoms with Gasteiger partial charge in [0.25, 0.3) is 0 Å². The van der Waals surface area contributed by atoms with E-state index in [4.69, 9.17) is 14.6 Å². The Morgan fingerprint density at radius 3 is 2.29 bits per heavy atom. The van der Waals surface area contributed by atoms with Crippen molar-refractivity contribution < 1.29 is 24.2 Å². The van der Waals surface area contributed by atoms with Gasteiger partial charge in [-0.2, -0.15) is 0 Å². The molecule has 0 radical (unpaired) electrons. The summed E-state index contributed by atoms with van der Waals surface area (Å²) in [7, 11) is 0. The smallest absolute Gasteiger partial charge is 0.331 e. The van der Waals surface area contributed by atoms with E-state index in [9.17, 15) is 9.59 Å². The Bertz CT molecular complexity index is 664. The normalized spacial score (nSPS) is 12.4. The molecule has 1 atom stereocenters. The molecule has 0 aliphatic carbocycles. The summed E-state index contributed by atoms with van der Waals surface area (Å²) < 4.78 is 9.88. The van der Waals surface area contributed by atoms with Crippen molar-refractivity contribution in [1.29, 1.82) is 0 Å². The first kappa shape index (κ1) is 18.0. The second kappa shape index (κ2) is 9.08. The lowest BCUT2D eigenvalue weighted by Crippen LogP contribution is -2.26. The van der Waals surface area contributed by atoms with E-state index in [0.717, 1.165) is 17.9 Å². The minimum atomic E-state index is -1.29. The highest BCUT2D eigenvalue weighted by atomic mass is 79.9. The molecule has 0 spiro atoms. The Morgan fingerprint density at radius 1 is 1.12 bits per heavy atom. The van der Waals surface area contributed by atoms with Gasteiger partial charge in [0, 0.05) is 12.0 Å². The number of rotatable bonds is 5. The summed E-state index contributed by atoms with van der Waals surface area (Å²) in [5.41, 5.74) is 2.37. The van der Waals surface area contributed by atoms with Crippen LogP contribution in [0, 0.1) is 0 Å². The highest BCUT2D eigenvalue weighted by molar-refractivity contribution is 9.10. The molecule has 0 bridgehead atoms. The van der Waals surface area contributed by atoms with Gasteiger partial charge >= 0.3 is 11.9 Å². The van der Waals surface area contributed by atoms with E-state index in [0.29, 0.717) is 6.42 Å². The fourth-order valence-corrected chi connectivity index (χ4v) is 2.06. The molecule has 1 unspecified atom stereocenters. The Morgan fingerprint density at radius 2 is 1.79 bits per heavy atom. The number of hydrogen-bond donors (Lipinski definition) is 1. The average Bonchev–Trinajstić information content (AvgIpc) is 2.57. The van der Waals surface area contributed by atoms with Crippen molar-refractivity contribution in [2.75, 3.05) is 6.61 Å². The summed E-state index contributed by atoms with van der Waals surface area (Å²) in [6.07, 6.45) is 0.575. The van der Waals surface area contributed by atoms with Gasteiger partial charge in [-0.05, 0) is 11.6 Å². The third-order valence-corrected chi connectivity index (χ3v) is 4.02. The van der Waals surface area contributed by atoms with Gasteiger partial charge in [0.15, 0.2) is 0 Å². The van der Waals surface area contributed by atoms with Crippen LogP contribution in [0.5, 0.6) is 5.75 Å². The summed E-state index contributed by atoms with van der Waals surface area (Å²) in [5, 5.41) is 8.52. The zero-order chi connectivity index (χ0) is 17.4. The third-order valence-electron chi connectivity index (χ3n) is 3.26. The van der Waals surface area contributed by atoms with Crippen LogP contribution in [0.25, 0.3) is 0 Å². The number of alkyl halides is 1. The van der Waals surface area contributed by atoms with Gasteiger partial charge in [-0.3, -0.25) is 9.59 Å². The fourth-order valence-electron chi connectivity index (χ4n) is 1.93. The summed E-state index contributed by atoms with van der Waals surface area (Å²) in [4.78, 5) is 20.3. The summed E-state index contributed by atoms with van der Waals surface area (Å²) in [6, 6.07) is 17.6. The molecule has 5 nitrogen and oxygen atoms in total. The van der Waals surface area contributed by atoms with E-state index in [1.807, 2.05) is 48.5 Å². The number of carboxylic acid groups (broad SMARTS) is 1. The molecular formula is C18H17BrO5. The second-order valence-electron chi connectivity index (χ2n) is 5.00. The highest BCUT2D eigenvalue weighted by Crippen LogP contribution is 2.27. The molecule has 6 heteroatoms. The van der Waals surface area contributed by atoms with Crippen LogP contribution in [0.3, 0.4) is 0 Å². The zero-order valence-electron chi connectivity index (χ0n) is 12.9. The topological polar surface area (TPSA) is 72.8 Å². The minimum Gasteiger partial charge on any atom is -0.488 e. The highest BCUT2D eigenvalue weighted by Gasteiger charge is 2.23. The number of carbonyl (C=O) groups is 2. The molecule has 0 saturated carbocycles. The van der Waals surface area contributed by atoms with Gasteiger partial charge in [-0.25, -0.2) is 0 Å². The van der Waals surface area contributed by atoms with Crippen molar-refractivity contribution in [2.45, 2.75) is 17.9 Å². The molecule has 1 aliphatic rings. The minimum absolute atomic E-state index is 0.179. The van der Waals surface area contributed by atoms with Crippen molar-refractivity contribution in [1.82, 2.24) is 0 Å². The number of esters is 1. The number of ether oxygens (including phenoxy) is 2. The molecule has 0 fully saturated rings. The molecule has 0 amide bonds. The van der Waals surface area contributed by atoms with E-state index >= 15 is 0 Å². The molecule has 1 N–H and O–H groups in total. The predicted molar refractivity (Wildman–Crippen MR) is 92.2 cm³/mol. The van der Waals surface area contributed by atoms with E-state index in [1.54, 1.807) is 0 Å². The second-order valence-corrected chi connectivity index (χ2v) is 5.92. The van der Waals surface area contributed by atoms with Crippen LogP contribution in [-0.4, -0.2) is 28.5 Å².